The van der Waals surface area contributed by atoms with Gasteiger partial charge in [-0.3, -0.25) is 0 Å². The maximum Gasteiger partial charge on any atom is 0.0405 e. The maximum absolute atomic E-state index is 2.38. The lowest BCUT2D eigenvalue weighted by atomic mass is 10.2. The smallest absolute Gasteiger partial charge is 0.0405 e. The van der Waals surface area contributed by atoms with E-state index >= 15 is 0 Å². The van der Waals surface area contributed by atoms with Crippen molar-refractivity contribution in [1.82, 2.24) is 9.80 Å². The molecule has 2 rings (SSSR count). The van der Waals surface area contributed by atoms with E-state index in [0.717, 1.165) is 10.5 Å². The van der Waals surface area contributed by atoms with Crippen LogP contribution < -0.4 is 0 Å². The van der Waals surface area contributed by atoms with Gasteiger partial charge in [0.05, 0.1) is 0 Å². The van der Waals surface area contributed by atoms with Crippen LogP contribution in [-0.4, -0.2) is 60.6 Å². The third-order valence-corrected chi connectivity index (χ3v) is 5.61. The van der Waals surface area contributed by atoms with Gasteiger partial charge >= 0.3 is 0 Å². The van der Waals surface area contributed by atoms with E-state index in [2.05, 4.69) is 45.5 Å². The molecule has 0 amide bonds. The third-order valence-electron chi connectivity index (χ3n) is 2.39. The summed E-state index contributed by atoms with van der Waals surface area (Å²) in [6.45, 7) is 5.17. The lowest BCUT2D eigenvalue weighted by Crippen LogP contribution is -2.48. The van der Waals surface area contributed by atoms with Crippen molar-refractivity contribution in [2.45, 2.75) is 10.5 Å². The van der Waals surface area contributed by atoms with Crippen molar-refractivity contribution < 1.29 is 0 Å². The van der Waals surface area contributed by atoms with Crippen molar-refractivity contribution in [2.24, 2.45) is 0 Å². The highest BCUT2D eigenvalue weighted by atomic mass is 33.1. The molecule has 0 N–H and O–H groups in total. The molecule has 70 valence electrons. The zero-order chi connectivity index (χ0) is 8.55. The Bertz CT molecular complexity index is 135. The Morgan fingerprint density at radius 3 is 1.42 bits per heavy atom. The summed E-state index contributed by atoms with van der Waals surface area (Å²) in [5.41, 5.74) is 0. The molecule has 12 heavy (non-hydrogen) atoms. The van der Waals surface area contributed by atoms with E-state index in [-0.39, 0.29) is 0 Å². The van der Waals surface area contributed by atoms with E-state index in [1.54, 1.807) is 0 Å². The van der Waals surface area contributed by atoms with Crippen molar-refractivity contribution in [3.05, 3.63) is 0 Å². The first-order valence-corrected chi connectivity index (χ1v) is 6.71. The fraction of sp³-hybridized carbons (Fsp3) is 1.00. The second-order valence-electron chi connectivity index (χ2n) is 3.88. The zero-order valence-corrected chi connectivity index (χ0v) is 9.33. The van der Waals surface area contributed by atoms with Gasteiger partial charge in [-0.25, -0.2) is 0 Å². The lowest BCUT2D eigenvalue weighted by Gasteiger charge is -2.39. The first kappa shape index (κ1) is 9.19. The second-order valence-corrected chi connectivity index (χ2v) is 6.75. The molecule has 0 unspecified atom stereocenters. The number of likely N-dealkylation sites (tertiary alicyclic amines) is 2. The Hall–Kier alpha value is 0.620. The van der Waals surface area contributed by atoms with Crippen molar-refractivity contribution >= 4 is 21.6 Å². The van der Waals surface area contributed by atoms with E-state index in [1.165, 1.54) is 26.2 Å². The highest BCUT2D eigenvalue weighted by Gasteiger charge is 2.28. The van der Waals surface area contributed by atoms with Gasteiger partial charge in [-0.15, -0.1) is 0 Å². The molecule has 0 aliphatic carbocycles. The largest absolute Gasteiger partial charge is 0.304 e. The molecule has 2 aliphatic rings. The molecule has 0 aromatic rings. The fourth-order valence-corrected chi connectivity index (χ4v) is 4.81. The molecule has 4 heteroatoms. The van der Waals surface area contributed by atoms with E-state index < -0.39 is 0 Å². The second kappa shape index (κ2) is 3.78. The quantitative estimate of drug-likeness (QED) is 0.632. The zero-order valence-electron chi connectivity index (χ0n) is 7.69. The number of rotatable bonds is 3. The summed E-state index contributed by atoms with van der Waals surface area (Å²) in [6, 6.07) is 0. The molecule has 2 nitrogen and oxygen atoms in total. The third kappa shape index (κ3) is 2.10. The Morgan fingerprint density at radius 1 is 0.833 bits per heavy atom. The molecule has 0 radical (unpaired) electrons. The molecule has 0 aromatic heterocycles. The van der Waals surface area contributed by atoms with Gasteiger partial charge in [0, 0.05) is 36.7 Å². The summed E-state index contributed by atoms with van der Waals surface area (Å²) in [6.07, 6.45) is 0. The van der Waals surface area contributed by atoms with Crippen LogP contribution in [0.25, 0.3) is 0 Å². The van der Waals surface area contributed by atoms with Crippen LogP contribution in [0.15, 0.2) is 0 Å². The van der Waals surface area contributed by atoms with Crippen molar-refractivity contribution in [2.75, 3.05) is 40.3 Å². The minimum absolute atomic E-state index is 0.908. The van der Waals surface area contributed by atoms with E-state index in [1.807, 2.05) is 0 Å². The van der Waals surface area contributed by atoms with Gasteiger partial charge in [0.15, 0.2) is 0 Å². The number of nitrogens with zero attached hydrogens (tertiary/aromatic N) is 2. The molecular formula is C8H16N2S2. The van der Waals surface area contributed by atoms with Gasteiger partial charge in [0.2, 0.25) is 0 Å². The van der Waals surface area contributed by atoms with Crippen LogP contribution in [0.4, 0.5) is 0 Å². The summed E-state index contributed by atoms with van der Waals surface area (Å²) in [4.78, 5) is 4.76. The predicted molar refractivity (Wildman–Crippen MR) is 57.8 cm³/mol. The molecule has 0 atom stereocenters. The number of hydrogen-bond acceptors (Lipinski definition) is 4. The fourth-order valence-electron chi connectivity index (χ4n) is 1.56. The van der Waals surface area contributed by atoms with Crippen LogP contribution in [-0.2, 0) is 0 Å². The summed E-state index contributed by atoms with van der Waals surface area (Å²) in [7, 11) is 8.59. The molecule has 2 fully saturated rings. The summed E-state index contributed by atoms with van der Waals surface area (Å²) >= 11 is 0. The molecule has 0 spiro atoms. The van der Waals surface area contributed by atoms with Crippen LogP contribution in [0.1, 0.15) is 0 Å². The monoisotopic (exact) mass is 204 g/mol. The Labute approximate surface area is 82.4 Å². The van der Waals surface area contributed by atoms with Crippen LogP contribution >= 0.6 is 21.6 Å². The average Bonchev–Trinajstić information content (AvgIpc) is 1.91. The SMILES string of the molecule is CN1CC(SSC2CN(C)C2)C1. The van der Waals surface area contributed by atoms with Crippen molar-refractivity contribution in [3.63, 3.8) is 0 Å². The topological polar surface area (TPSA) is 6.48 Å². The highest BCUT2D eigenvalue weighted by Crippen LogP contribution is 2.37. The van der Waals surface area contributed by atoms with Gasteiger partial charge in [0.1, 0.15) is 0 Å². The molecule has 0 saturated carbocycles. The summed E-state index contributed by atoms with van der Waals surface area (Å²) < 4.78 is 0. The number of hydrogen-bond donors (Lipinski definition) is 0. The molecule has 0 bridgehead atoms. The van der Waals surface area contributed by atoms with Crippen molar-refractivity contribution in [3.8, 4) is 0 Å². The molecule has 2 heterocycles. The molecule has 0 aromatic carbocycles. The van der Waals surface area contributed by atoms with Crippen LogP contribution in [0.2, 0.25) is 0 Å². The molecular weight excluding hydrogens is 188 g/mol. The van der Waals surface area contributed by atoms with Crippen molar-refractivity contribution in [1.29, 1.82) is 0 Å². The average molecular weight is 204 g/mol. The van der Waals surface area contributed by atoms with Crippen LogP contribution in [0.5, 0.6) is 0 Å². The Kier molecular flexibility index (Phi) is 2.89. The first-order valence-electron chi connectivity index (χ1n) is 4.43. The summed E-state index contributed by atoms with van der Waals surface area (Å²) in [5.74, 6) is 0. The van der Waals surface area contributed by atoms with E-state index in [9.17, 15) is 0 Å². The molecule has 2 saturated heterocycles. The van der Waals surface area contributed by atoms with Gasteiger partial charge in [0.25, 0.3) is 0 Å². The van der Waals surface area contributed by atoms with Gasteiger partial charge < -0.3 is 9.80 Å². The Balaban J connectivity index is 1.52. The van der Waals surface area contributed by atoms with E-state index in [0.29, 0.717) is 0 Å². The lowest BCUT2D eigenvalue weighted by molar-refractivity contribution is 0.238. The van der Waals surface area contributed by atoms with Gasteiger partial charge in [-0.2, -0.15) is 0 Å². The van der Waals surface area contributed by atoms with Gasteiger partial charge in [-0.05, 0) is 14.1 Å². The van der Waals surface area contributed by atoms with Crippen LogP contribution in [0, 0.1) is 0 Å². The highest BCUT2D eigenvalue weighted by molar-refractivity contribution is 8.77. The maximum atomic E-state index is 2.38. The predicted octanol–water partition coefficient (Wildman–Crippen LogP) is 0.996. The van der Waals surface area contributed by atoms with Crippen LogP contribution in [0.3, 0.4) is 0 Å². The minimum Gasteiger partial charge on any atom is -0.304 e. The van der Waals surface area contributed by atoms with Gasteiger partial charge in [-0.1, -0.05) is 21.6 Å². The minimum atomic E-state index is 0.908. The normalized spacial score (nSPS) is 28.5. The Morgan fingerprint density at radius 2 is 1.17 bits per heavy atom. The first-order chi connectivity index (χ1) is 5.74. The van der Waals surface area contributed by atoms with E-state index in [4.69, 9.17) is 0 Å². The summed E-state index contributed by atoms with van der Waals surface area (Å²) in [5, 5.41) is 1.82. The standard InChI is InChI=1S/C8H16N2S2/c1-9-3-7(4-9)11-12-8-5-10(2)6-8/h7-8H,3-6H2,1-2H3. The molecule has 2 aliphatic heterocycles.